The maximum absolute atomic E-state index is 12.1. The molecule has 1 aromatic heterocycles. The monoisotopic (exact) mass is 335 g/mol. The highest BCUT2D eigenvalue weighted by molar-refractivity contribution is 5.76. The van der Waals surface area contributed by atoms with E-state index >= 15 is 0 Å². The first-order valence-electron chi connectivity index (χ1n) is 8.01. The Morgan fingerprint density at radius 1 is 1.08 bits per heavy atom. The molecule has 25 heavy (non-hydrogen) atoms. The zero-order valence-corrected chi connectivity index (χ0v) is 14.5. The molecule has 0 amide bonds. The average molecular weight is 335 g/mol. The van der Waals surface area contributed by atoms with Crippen LogP contribution in [0.3, 0.4) is 0 Å². The minimum Gasteiger partial charge on any atom is -0.457 e. The molecule has 5 heteroatoms. The highest BCUT2D eigenvalue weighted by atomic mass is 16.5. The Kier molecular flexibility index (Phi) is 4.48. The van der Waals surface area contributed by atoms with Gasteiger partial charge in [-0.15, -0.1) is 0 Å². The van der Waals surface area contributed by atoms with Gasteiger partial charge in [0.15, 0.2) is 0 Å². The predicted octanol–water partition coefficient (Wildman–Crippen LogP) is 3.78. The van der Waals surface area contributed by atoms with Gasteiger partial charge in [-0.05, 0) is 43.3 Å². The SMILES string of the molecule is CNc1cc(-c2cc(N)ccc2Oc2ccc(C)cc2)cn(C)c1=O. The number of aromatic nitrogens is 1. The zero-order chi connectivity index (χ0) is 18.0. The van der Waals surface area contributed by atoms with Crippen LogP contribution < -0.4 is 21.3 Å². The number of hydrogen-bond acceptors (Lipinski definition) is 4. The molecule has 0 radical (unpaired) electrons. The number of nitrogen functional groups attached to an aromatic ring is 1. The van der Waals surface area contributed by atoms with E-state index in [2.05, 4.69) is 5.32 Å². The van der Waals surface area contributed by atoms with Crippen LogP contribution in [-0.2, 0) is 7.05 Å². The Labute approximate surface area is 146 Å². The summed E-state index contributed by atoms with van der Waals surface area (Å²) in [5.74, 6) is 1.43. The maximum atomic E-state index is 12.1. The quantitative estimate of drug-likeness (QED) is 0.712. The summed E-state index contributed by atoms with van der Waals surface area (Å²) < 4.78 is 7.60. The Hall–Kier alpha value is -3.21. The summed E-state index contributed by atoms with van der Waals surface area (Å²) in [6, 6.07) is 15.1. The van der Waals surface area contributed by atoms with Crippen molar-refractivity contribution in [1.82, 2.24) is 4.57 Å². The largest absolute Gasteiger partial charge is 0.457 e. The van der Waals surface area contributed by atoms with Crippen LogP contribution >= 0.6 is 0 Å². The van der Waals surface area contributed by atoms with Gasteiger partial charge in [-0.1, -0.05) is 17.7 Å². The molecule has 0 saturated carbocycles. The first kappa shape index (κ1) is 16.6. The van der Waals surface area contributed by atoms with Crippen molar-refractivity contribution in [3.05, 3.63) is 70.6 Å². The molecule has 128 valence electrons. The molecule has 0 spiro atoms. The fourth-order valence-electron chi connectivity index (χ4n) is 2.63. The maximum Gasteiger partial charge on any atom is 0.273 e. The normalized spacial score (nSPS) is 10.5. The van der Waals surface area contributed by atoms with E-state index in [0.29, 0.717) is 17.1 Å². The standard InChI is InChI=1S/C20H21N3O2/c1-13-4-7-16(8-5-13)25-19-9-6-15(21)11-17(19)14-10-18(22-2)20(24)23(3)12-14/h4-12,22H,21H2,1-3H3. The summed E-state index contributed by atoms with van der Waals surface area (Å²) in [5, 5.41) is 2.93. The smallest absolute Gasteiger partial charge is 0.273 e. The number of nitrogens with one attached hydrogen (secondary N) is 1. The number of benzene rings is 2. The first-order valence-corrected chi connectivity index (χ1v) is 8.01. The third-order valence-electron chi connectivity index (χ3n) is 4.02. The minimum atomic E-state index is -0.0869. The van der Waals surface area contributed by atoms with Gasteiger partial charge in [-0.25, -0.2) is 0 Å². The molecule has 5 nitrogen and oxygen atoms in total. The van der Waals surface area contributed by atoms with Crippen molar-refractivity contribution >= 4 is 11.4 Å². The van der Waals surface area contributed by atoms with E-state index in [1.807, 2.05) is 43.3 Å². The van der Waals surface area contributed by atoms with Crippen molar-refractivity contribution in [2.24, 2.45) is 7.05 Å². The third kappa shape index (κ3) is 3.50. The second-order valence-corrected chi connectivity index (χ2v) is 5.98. The highest BCUT2D eigenvalue weighted by Gasteiger charge is 2.12. The summed E-state index contributed by atoms with van der Waals surface area (Å²) in [6.45, 7) is 2.03. The topological polar surface area (TPSA) is 69.3 Å². The first-order chi connectivity index (χ1) is 12.0. The molecule has 0 aliphatic rings. The number of pyridine rings is 1. The number of aryl methyl sites for hydroxylation is 2. The van der Waals surface area contributed by atoms with E-state index in [1.54, 1.807) is 37.0 Å². The Bertz CT molecular complexity index is 960. The number of nitrogens with zero attached hydrogens (tertiary/aromatic N) is 1. The van der Waals surface area contributed by atoms with Crippen LogP contribution in [0.4, 0.5) is 11.4 Å². The van der Waals surface area contributed by atoms with E-state index in [4.69, 9.17) is 10.5 Å². The number of rotatable bonds is 4. The molecule has 0 bridgehead atoms. The molecule has 0 aliphatic carbocycles. The van der Waals surface area contributed by atoms with Crippen LogP contribution in [0.25, 0.3) is 11.1 Å². The molecule has 0 atom stereocenters. The van der Waals surface area contributed by atoms with Crippen molar-refractivity contribution in [1.29, 1.82) is 0 Å². The van der Waals surface area contributed by atoms with Gasteiger partial charge in [0.2, 0.25) is 0 Å². The van der Waals surface area contributed by atoms with Gasteiger partial charge in [-0.3, -0.25) is 4.79 Å². The molecule has 0 aliphatic heterocycles. The van der Waals surface area contributed by atoms with Crippen molar-refractivity contribution in [3.63, 3.8) is 0 Å². The Balaban J connectivity index is 2.10. The summed E-state index contributed by atoms with van der Waals surface area (Å²) in [5.41, 5.74) is 9.88. The molecule has 3 aromatic rings. The summed E-state index contributed by atoms with van der Waals surface area (Å²) >= 11 is 0. The Morgan fingerprint density at radius 3 is 2.48 bits per heavy atom. The molecule has 3 rings (SSSR count). The second kappa shape index (κ2) is 6.73. The van der Waals surface area contributed by atoms with Crippen molar-refractivity contribution in [3.8, 4) is 22.6 Å². The van der Waals surface area contributed by atoms with Gasteiger partial charge in [0.05, 0.1) is 0 Å². The lowest BCUT2D eigenvalue weighted by Gasteiger charge is -2.14. The van der Waals surface area contributed by atoms with Crippen LogP contribution in [0.5, 0.6) is 11.5 Å². The van der Waals surface area contributed by atoms with Crippen molar-refractivity contribution in [2.75, 3.05) is 18.1 Å². The molecule has 3 N–H and O–H groups in total. The van der Waals surface area contributed by atoms with Crippen LogP contribution in [0.1, 0.15) is 5.56 Å². The summed E-state index contributed by atoms with van der Waals surface area (Å²) in [6.07, 6.45) is 1.78. The lowest BCUT2D eigenvalue weighted by Crippen LogP contribution is -2.19. The third-order valence-corrected chi connectivity index (χ3v) is 4.02. The molecule has 0 unspecified atom stereocenters. The summed E-state index contributed by atoms with van der Waals surface area (Å²) in [7, 11) is 3.45. The van der Waals surface area contributed by atoms with E-state index in [1.165, 1.54) is 5.56 Å². The molecule has 0 fully saturated rings. The summed E-state index contributed by atoms with van der Waals surface area (Å²) in [4.78, 5) is 12.1. The Morgan fingerprint density at radius 2 is 1.80 bits per heavy atom. The average Bonchev–Trinajstić information content (AvgIpc) is 2.60. The lowest BCUT2D eigenvalue weighted by atomic mass is 10.0. The van der Waals surface area contributed by atoms with E-state index < -0.39 is 0 Å². The number of hydrogen-bond donors (Lipinski definition) is 2. The van der Waals surface area contributed by atoms with Gasteiger partial charge >= 0.3 is 0 Å². The zero-order valence-electron chi connectivity index (χ0n) is 14.5. The molecule has 0 saturated heterocycles. The number of nitrogens with two attached hydrogens (primary N) is 1. The van der Waals surface area contributed by atoms with E-state index in [0.717, 1.165) is 16.9 Å². The van der Waals surface area contributed by atoms with Crippen LogP contribution in [0.2, 0.25) is 0 Å². The fraction of sp³-hybridized carbons (Fsp3) is 0.150. The highest BCUT2D eigenvalue weighted by Crippen LogP contribution is 2.35. The molecular weight excluding hydrogens is 314 g/mol. The van der Waals surface area contributed by atoms with Crippen LogP contribution in [0, 0.1) is 6.92 Å². The van der Waals surface area contributed by atoms with Crippen LogP contribution in [-0.4, -0.2) is 11.6 Å². The van der Waals surface area contributed by atoms with Gasteiger partial charge < -0.3 is 20.4 Å². The van der Waals surface area contributed by atoms with Gasteiger partial charge in [0.1, 0.15) is 17.2 Å². The fourth-order valence-corrected chi connectivity index (χ4v) is 2.63. The molecule has 2 aromatic carbocycles. The van der Waals surface area contributed by atoms with Gasteiger partial charge in [0, 0.05) is 37.1 Å². The predicted molar refractivity (Wildman–Crippen MR) is 102 cm³/mol. The van der Waals surface area contributed by atoms with Crippen molar-refractivity contribution < 1.29 is 4.74 Å². The second-order valence-electron chi connectivity index (χ2n) is 5.98. The van der Waals surface area contributed by atoms with Gasteiger partial charge in [0.25, 0.3) is 5.56 Å². The molecule has 1 heterocycles. The minimum absolute atomic E-state index is 0.0869. The van der Waals surface area contributed by atoms with Gasteiger partial charge in [-0.2, -0.15) is 0 Å². The van der Waals surface area contributed by atoms with E-state index in [9.17, 15) is 4.79 Å². The van der Waals surface area contributed by atoms with E-state index in [-0.39, 0.29) is 5.56 Å². The molecular formula is C20H21N3O2. The van der Waals surface area contributed by atoms with Crippen LogP contribution in [0.15, 0.2) is 59.5 Å². The number of ether oxygens (including phenoxy) is 1. The van der Waals surface area contributed by atoms with Crippen molar-refractivity contribution in [2.45, 2.75) is 6.92 Å². The number of anilines is 2. The lowest BCUT2D eigenvalue weighted by molar-refractivity contribution is 0.484.